The predicted octanol–water partition coefficient (Wildman–Crippen LogP) is 1.93. The smallest absolute Gasteiger partial charge is 0.255 e. The maximum Gasteiger partial charge on any atom is 0.255 e. The number of nitrogens with two attached hydrogens (primary N) is 1. The molecular formula is C25H25NO7. The van der Waals surface area contributed by atoms with Crippen molar-refractivity contribution in [2.24, 2.45) is 17.6 Å². The predicted molar refractivity (Wildman–Crippen MR) is 119 cm³/mol. The zero-order valence-electron chi connectivity index (χ0n) is 18.0. The van der Waals surface area contributed by atoms with Gasteiger partial charge in [-0.05, 0) is 30.4 Å². The molecule has 0 radical (unpaired) electrons. The fourth-order valence-corrected chi connectivity index (χ4v) is 5.08. The summed E-state index contributed by atoms with van der Waals surface area (Å²) < 4.78 is 11.1. The van der Waals surface area contributed by atoms with Crippen LogP contribution < -0.4 is 10.5 Å². The molecular weight excluding hydrogens is 426 g/mol. The van der Waals surface area contributed by atoms with E-state index in [1.54, 1.807) is 18.2 Å². The molecule has 8 heteroatoms. The lowest BCUT2D eigenvalue weighted by atomic mass is 9.58. The average molecular weight is 451 g/mol. The summed E-state index contributed by atoms with van der Waals surface area (Å²) in [6.45, 7) is 7.39. The first kappa shape index (κ1) is 22.5. The first-order valence-corrected chi connectivity index (χ1v) is 10.6. The Labute approximate surface area is 190 Å². The second-order valence-electron chi connectivity index (χ2n) is 8.38. The molecule has 0 spiro atoms. The minimum absolute atomic E-state index is 0.0139. The number of amides is 1. The maximum absolute atomic E-state index is 13.6. The molecule has 1 fully saturated rings. The number of rotatable bonds is 7. The normalized spacial score (nSPS) is 26.2. The number of benzene rings is 1. The van der Waals surface area contributed by atoms with Crippen LogP contribution in [0.15, 0.2) is 60.4 Å². The number of hydrogen-bond donors (Lipinski definition) is 3. The Morgan fingerprint density at radius 1 is 1.15 bits per heavy atom. The Morgan fingerprint density at radius 3 is 2.52 bits per heavy atom. The highest BCUT2D eigenvalue weighted by Crippen LogP contribution is 2.51. The van der Waals surface area contributed by atoms with Gasteiger partial charge in [0.15, 0.2) is 5.60 Å². The standard InChI is InChI=1S/C25H25NO7/c1-3-8-32-16-7-5-6-13-10-14-11-15-12-17(33-9-4-2)20(24(26)30)23(29)25(15,31)22(28)19(14)21(27)18(13)16/h3-7,14-15,27,31H,1-2,8-12H2,(H2,26,30)/t14-,15-,25-/m0/s1. The summed E-state index contributed by atoms with van der Waals surface area (Å²) in [4.78, 5) is 38.9. The fraction of sp³-hybridized carbons (Fsp3) is 0.320. The number of ketones is 2. The number of carbonyl (C=O) groups excluding carboxylic acids is 3. The Kier molecular flexibility index (Phi) is 5.71. The van der Waals surface area contributed by atoms with Gasteiger partial charge >= 0.3 is 0 Å². The second kappa shape index (κ2) is 8.37. The number of ether oxygens (including phenoxy) is 2. The number of carbonyl (C=O) groups is 3. The molecule has 172 valence electrons. The molecule has 0 heterocycles. The Bertz CT molecular complexity index is 1150. The van der Waals surface area contributed by atoms with Crippen molar-refractivity contribution in [3.8, 4) is 5.75 Å². The van der Waals surface area contributed by atoms with Gasteiger partial charge in [-0.15, -0.1) is 0 Å². The summed E-state index contributed by atoms with van der Waals surface area (Å²) in [5, 5.41) is 22.5. The van der Waals surface area contributed by atoms with Crippen LogP contribution in [0.5, 0.6) is 5.75 Å². The Hall–Kier alpha value is -3.65. The average Bonchev–Trinajstić information content (AvgIpc) is 2.78. The molecule has 0 aliphatic heterocycles. The lowest BCUT2D eigenvalue weighted by Gasteiger charge is -2.46. The first-order chi connectivity index (χ1) is 15.7. The number of primary amides is 1. The van der Waals surface area contributed by atoms with Gasteiger partial charge < -0.3 is 25.4 Å². The van der Waals surface area contributed by atoms with Crippen LogP contribution in [-0.2, 0) is 25.5 Å². The molecule has 1 aromatic rings. The van der Waals surface area contributed by atoms with E-state index >= 15 is 0 Å². The highest BCUT2D eigenvalue weighted by molar-refractivity contribution is 6.32. The monoisotopic (exact) mass is 451 g/mol. The van der Waals surface area contributed by atoms with Crippen LogP contribution in [0.4, 0.5) is 0 Å². The van der Waals surface area contributed by atoms with Crippen molar-refractivity contribution in [1.82, 2.24) is 0 Å². The number of allylic oxidation sites excluding steroid dienone is 1. The number of aliphatic hydroxyl groups is 2. The van der Waals surface area contributed by atoms with E-state index in [4.69, 9.17) is 15.2 Å². The summed E-state index contributed by atoms with van der Waals surface area (Å²) in [6.07, 6.45) is 3.64. The van der Waals surface area contributed by atoms with Gasteiger partial charge in [-0.2, -0.15) is 0 Å². The highest BCUT2D eigenvalue weighted by atomic mass is 16.5. The third-order valence-corrected chi connectivity index (χ3v) is 6.49. The fourth-order valence-electron chi connectivity index (χ4n) is 5.08. The molecule has 8 nitrogen and oxygen atoms in total. The van der Waals surface area contributed by atoms with Gasteiger partial charge in [0.1, 0.15) is 36.1 Å². The summed E-state index contributed by atoms with van der Waals surface area (Å²) in [7, 11) is 0. The highest BCUT2D eigenvalue weighted by Gasteiger charge is 2.61. The summed E-state index contributed by atoms with van der Waals surface area (Å²) in [5.41, 5.74) is 3.46. The van der Waals surface area contributed by atoms with Gasteiger partial charge in [0, 0.05) is 17.9 Å². The SMILES string of the molecule is C=CCOC1=C(C(N)=O)C(=O)[C@@]2(O)C(=O)C3=C(O)c4c(cccc4OCC=C)C[C@H]3C[C@H]2C1. The molecule has 0 unspecified atom stereocenters. The van der Waals surface area contributed by atoms with Gasteiger partial charge in [0.2, 0.25) is 11.6 Å². The van der Waals surface area contributed by atoms with Crippen molar-refractivity contribution in [2.75, 3.05) is 13.2 Å². The molecule has 3 aliphatic rings. The largest absolute Gasteiger partial charge is 0.507 e. The number of fused-ring (bicyclic) bond motifs is 3. The molecule has 1 aromatic carbocycles. The van der Waals surface area contributed by atoms with E-state index in [2.05, 4.69) is 13.2 Å². The molecule has 0 bridgehead atoms. The van der Waals surface area contributed by atoms with Crippen molar-refractivity contribution >= 4 is 23.2 Å². The number of hydrogen-bond acceptors (Lipinski definition) is 7. The minimum Gasteiger partial charge on any atom is -0.507 e. The van der Waals surface area contributed by atoms with E-state index < -0.39 is 40.5 Å². The molecule has 33 heavy (non-hydrogen) atoms. The molecule has 4 N–H and O–H groups in total. The van der Waals surface area contributed by atoms with Crippen LogP contribution in [0.2, 0.25) is 0 Å². The van der Waals surface area contributed by atoms with Gasteiger partial charge in [0.05, 0.1) is 5.56 Å². The van der Waals surface area contributed by atoms with Gasteiger partial charge in [-0.1, -0.05) is 37.4 Å². The van der Waals surface area contributed by atoms with Crippen molar-refractivity contribution < 1.29 is 34.1 Å². The van der Waals surface area contributed by atoms with Gasteiger partial charge in [-0.3, -0.25) is 14.4 Å². The maximum atomic E-state index is 13.6. The zero-order chi connectivity index (χ0) is 23.9. The summed E-state index contributed by atoms with van der Waals surface area (Å²) in [6, 6.07) is 5.29. The van der Waals surface area contributed by atoms with Gasteiger partial charge in [-0.25, -0.2) is 0 Å². The lowest BCUT2D eigenvalue weighted by molar-refractivity contribution is -0.158. The third-order valence-electron chi connectivity index (χ3n) is 6.49. The molecule has 4 rings (SSSR count). The van der Waals surface area contributed by atoms with E-state index in [1.165, 1.54) is 6.08 Å². The van der Waals surface area contributed by atoms with Crippen molar-refractivity contribution in [3.05, 3.63) is 71.5 Å². The molecule has 1 amide bonds. The zero-order valence-corrected chi connectivity index (χ0v) is 18.0. The van der Waals surface area contributed by atoms with Crippen molar-refractivity contribution in [3.63, 3.8) is 0 Å². The topological polar surface area (TPSA) is 136 Å². The third kappa shape index (κ3) is 3.38. The summed E-state index contributed by atoms with van der Waals surface area (Å²) >= 11 is 0. The molecule has 3 atom stereocenters. The number of Topliss-reactive ketones (excluding diaryl/α,β-unsaturated/α-hetero) is 2. The molecule has 0 aromatic heterocycles. The first-order valence-electron chi connectivity index (χ1n) is 10.6. The molecule has 3 aliphatic carbocycles. The van der Waals surface area contributed by atoms with E-state index in [9.17, 15) is 24.6 Å². The van der Waals surface area contributed by atoms with Crippen LogP contribution in [-0.4, -0.2) is 46.5 Å². The molecule has 1 saturated carbocycles. The summed E-state index contributed by atoms with van der Waals surface area (Å²) in [5.74, 6) is -4.28. The van der Waals surface area contributed by atoms with Crippen molar-refractivity contribution in [1.29, 1.82) is 0 Å². The second-order valence-corrected chi connectivity index (χ2v) is 8.38. The van der Waals surface area contributed by atoms with Crippen molar-refractivity contribution in [2.45, 2.75) is 24.9 Å². The van der Waals surface area contributed by atoms with Crippen LogP contribution >= 0.6 is 0 Å². The van der Waals surface area contributed by atoms with E-state index in [-0.39, 0.29) is 43.1 Å². The lowest BCUT2D eigenvalue weighted by Crippen LogP contribution is -2.61. The number of aliphatic hydroxyl groups excluding tert-OH is 1. The quantitative estimate of drug-likeness (QED) is 0.327. The molecule has 0 saturated heterocycles. The van der Waals surface area contributed by atoms with Crippen LogP contribution in [0.3, 0.4) is 0 Å². The van der Waals surface area contributed by atoms with Crippen LogP contribution in [0.25, 0.3) is 5.76 Å². The Balaban J connectivity index is 1.83. The minimum atomic E-state index is -2.51. The van der Waals surface area contributed by atoms with Gasteiger partial charge in [0.25, 0.3) is 5.91 Å². The van der Waals surface area contributed by atoms with E-state index in [0.29, 0.717) is 17.7 Å². The van der Waals surface area contributed by atoms with Crippen LogP contribution in [0, 0.1) is 11.8 Å². The van der Waals surface area contributed by atoms with Crippen LogP contribution in [0.1, 0.15) is 24.0 Å². The van der Waals surface area contributed by atoms with E-state index in [0.717, 1.165) is 5.56 Å². The Morgan fingerprint density at radius 2 is 1.85 bits per heavy atom. The van der Waals surface area contributed by atoms with E-state index in [1.807, 2.05) is 6.07 Å².